The third-order valence-corrected chi connectivity index (χ3v) is 6.81. The van der Waals surface area contributed by atoms with Crippen LogP contribution in [0.2, 0.25) is 0 Å². The zero-order chi connectivity index (χ0) is 21.0. The minimum atomic E-state index is -3.73. The molecule has 2 aromatic carbocycles. The molecule has 0 spiro atoms. The van der Waals surface area contributed by atoms with Gasteiger partial charge in [0.05, 0.1) is 10.6 Å². The number of nitrogens with one attached hydrogen (secondary N) is 2. The Balaban J connectivity index is 1.36. The highest BCUT2D eigenvalue weighted by Gasteiger charge is 2.19. The number of fused-ring (bicyclic) bond motifs is 1. The van der Waals surface area contributed by atoms with Gasteiger partial charge in [-0.05, 0) is 42.8 Å². The molecule has 158 valence electrons. The second-order valence-electron chi connectivity index (χ2n) is 6.71. The van der Waals surface area contributed by atoms with E-state index < -0.39 is 10.0 Å². The molecule has 30 heavy (non-hydrogen) atoms. The van der Waals surface area contributed by atoms with Gasteiger partial charge in [-0.15, -0.1) is 11.8 Å². The van der Waals surface area contributed by atoms with E-state index in [9.17, 15) is 13.2 Å². The monoisotopic (exact) mass is 447 g/mol. The molecule has 10 heteroatoms. The van der Waals surface area contributed by atoms with Gasteiger partial charge in [0.25, 0.3) is 10.0 Å². The fourth-order valence-corrected chi connectivity index (χ4v) is 4.90. The molecule has 0 aliphatic carbocycles. The van der Waals surface area contributed by atoms with Crippen LogP contribution in [-0.2, 0) is 14.8 Å². The Bertz CT molecular complexity index is 1090. The summed E-state index contributed by atoms with van der Waals surface area (Å²) in [4.78, 5) is 17.4. The van der Waals surface area contributed by atoms with Crippen LogP contribution >= 0.6 is 11.8 Å². The normalized spacial score (nSPS) is 15.4. The second kappa shape index (κ2) is 8.97. The number of nitrogens with zero attached hydrogens (tertiary/aromatic N) is 1. The van der Waals surface area contributed by atoms with Gasteiger partial charge in [0.1, 0.15) is 19.0 Å². The fourth-order valence-electron chi connectivity index (χ4n) is 3.04. The molecule has 0 saturated heterocycles. The molecule has 2 N–H and O–H groups in total. The first-order valence-corrected chi connectivity index (χ1v) is 11.9. The molecule has 0 bridgehead atoms. The summed E-state index contributed by atoms with van der Waals surface area (Å²) in [6.45, 7) is 1.67. The molecule has 2 aromatic rings. The molecule has 2 heterocycles. The van der Waals surface area contributed by atoms with Gasteiger partial charge in [0.15, 0.2) is 11.5 Å². The third kappa shape index (κ3) is 5.06. The van der Waals surface area contributed by atoms with Gasteiger partial charge in [0.2, 0.25) is 5.91 Å². The zero-order valence-electron chi connectivity index (χ0n) is 16.1. The zero-order valence-corrected chi connectivity index (χ0v) is 17.7. The van der Waals surface area contributed by atoms with Crippen molar-refractivity contribution in [2.45, 2.75) is 22.6 Å². The number of aliphatic imine (C=N–C) groups is 1. The van der Waals surface area contributed by atoms with E-state index in [1.807, 2.05) is 18.2 Å². The summed E-state index contributed by atoms with van der Waals surface area (Å²) in [7, 11) is -3.73. The van der Waals surface area contributed by atoms with Crippen LogP contribution in [0.3, 0.4) is 0 Å². The molecule has 2 aliphatic rings. The molecule has 0 unspecified atom stereocenters. The van der Waals surface area contributed by atoms with Gasteiger partial charge in [-0.25, -0.2) is 8.42 Å². The van der Waals surface area contributed by atoms with E-state index in [2.05, 4.69) is 15.0 Å². The van der Waals surface area contributed by atoms with Crippen LogP contribution in [0, 0.1) is 0 Å². The van der Waals surface area contributed by atoms with Gasteiger partial charge < -0.3 is 14.8 Å². The van der Waals surface area contributed by atoms with E-state index >= 15 is 0 Å². The fraction of sp³-hybridized carbons (Fsp3) is 0.300. The lowest BCUT2D eigenvalue weighted by Crippen LogP contribution is -2.29. The Kier molecular flexibility index (Phi) is 6.14. The largest absolute Gasteiger partial charge is 0.486 e. The average molecular weight is 448 g/mol. The van der Waals surface area contributed by atoms with Crippen LogP contribution < -0.4 is 19.5 Å². The maximum absolute atomic E-state index is 12.5. The van der Waals surface area contributed by atoms with Gasteiger partial charge in [-0.2, -0.15) is 0 Å². The maximum Gasteiger partial charge on any atom is 0.262 e. The van der Waals surface area contributed by atoms with Crippen LogP contribution in [0.5, 0.6) is 11.5 Å². The number of sulfonamides is 1. The van der Waals surface area contributed by atoms with E-state index in [-0.39, 0.29) is 16.6 Å². The van der Waals surface area contributed by atoms with E-state index in [1.165, 1.54) is 23.9 Å². The number of carbonyl (C=O) groups excluding carboxylic acids is 1. The van der Waals surface area contributed by atoms with Gasteiger partial charge in [0, 0.05) is 23.5 Å². The number of ether oxygens (including phenoxy) is 2. The SMILES string of the molecule is O=C(CSc1ccc2c(c1)OCCO2)Nc1cccc(S(=O)(=O)NC2=NCCC2)c1. The molecule has 0 aromatic heterocycles. The van der Waals surface area contributed by atoms with Crippen molar-refractivity contribution in [2.75, 3.05) is 30.8 Å². The van der Waals surface area contributed by atoms with E-state index in [0.29, 0.717) is 49.2 Å². The number of carbonyl (C=O) groups is 1. The summed E-state index contributed by atoms with van der Waals surface area (Å²) in [5.41, 5.74) is 0.416. The molecular formula is C20H21N3O5S2. The lowest BCUT2D eigenvalue weighted by Gasteiger charge is -2.18. The van der Waals surface area contributed by atoms with Crippen molar-refractivity contribution in [1.29, 1.82) is 0 Å². The Morgan fingerprint density at radius 2 is 1.93 bits per heavy atom. The van der Waals surface area contributed by atoms with Gasteiger partial charge in [-0.3, -0.25) is 14.5 Å². The summed E-state index contributed by atoms with van der Waals surface area (Å²) in [5, 5.41) is 2.74. The number of amidine groups is 1. The lowest BCUT2D eigenvalue weighted by atomic mass is 10.3. The average Bonchev–Trinajstić information content (AvgIpc) is 3.24. The van der Waals surface area contributed by atoms with Crippen molar-refractivity contribution in [3.8, 4) is 11.5 Å². The molecule has 1 amide bonds. The van der Waals surface area contributed by atoms with E-state index in [1.54, 1.807) is 12.1 Å². The van der Waals surface area contributed by atoms with Crippen molar-refractivity contribution in [3.63, 3.8) is 0 Å². The molecule has 2 aliphatic heterocycles. The quantitative estimate of drug-likeness (QED) is 0.660. The molecule has 0 radical (unpaired) electrons. The standard InChI is InChI=1S/C20H21N3O5S2/c24-20(13-29-15-6-7-17-18(12-15)28-10-9-27-17)22-14-3-1-4-16(11-14)30(25,26)23-19-5-2-8-21-19/h1,3-4,6-7,11-12H,2,5,8-10,13H2,(H,21,23)(H,22,24). The van der Waals surface area contributed by atoms with Crippen molar-refractivity contribution < 1.29 is 22.7 Å². The summed E-state index contributed by atoms with van der Waals surface area (Å²) in [6, 6.07) is 11.7. The summed E-state index contributed by atoms with van der Waals surface area (Å²) < 4.78 is 38.6. The number of amides is 1. The Labute approximate surface area is 179 Å². The molecule has 0 fully saturated rings. The van der Waals surface area contributed by atoms with Crippen molar-refractivity contribution in [1.82, 2.24) is 4.72 Å². The Hall–Kier alpha value is -2.72. The first-order chi connectivity index (χ1) is 14.5. The van der Waals surface area contributed by atoms with Crippen LogP contribution in [0.1, 0.15) is 12.8 Å². The number of anilines is 1. The van der Waals surface area contributed by atoms with Crippen LogP contribution in [0.4, 0.5) is 5.69 Å². The second-order valence-corrected chi connectivity index (χ2v) is 9.44. The van der Waals surface area contributed by atoms with Crippen LogP contribution in [0.25, 0.3) is 0 Å². The lowest BCUT2D eigenvalue weighted by molar-refractivity contribution is -0.113. The molecule has 0 atom stereocenters. The highest BCUT2D eigenvalue weighted by Crippen LogP contribution is 2.34. The summed E-state index contributed by atoms with van der Waals surface area (Å²) in [6.07, 6.45) is 1.46. The molecule has 0 saturated carbocycles. The van der Waals surface area contributed by atoms with Gasteiger partial charge in [-0.1, -0.05) is 6.07 Å². The Morgan fingerprint density at radius 3 is 2.73 bits per heavy atom. The highest BCUT2D eigenvalue weighted by atomic mass is 32.2. The van der Waals surface area contributed by atoms with Crippen LogP contribution in [-0.4, -0.2) is 45.7 Å². The first kappa shape index (κ1) is 20.5. The molecular weight excluding hydrogens is 426 g/mol. The topological polar surface area (TPSA) is 106 Å². The van der Waals surface area contributed by atoms with Gasteiger partial charge >= 0.3 is 0 Å². The number of thioether (sulfide) groups is 1. The number of hydrogen-bond donors (Lipinski definition) is 2. The number of hydrogen-bond acceptors (Lipinski definition) is 7. The minimum Gasteiger partial charge on any atom is -0.486 e. The number of benzene rings is 2. The maximum atomic E-state index is 12.5. The predicted molar refractivity (Wildman–Crippen MR) is 115 cm³/mol. The molecule has 8 nitrogen and oxygen atoms in total. The predicted octanol–water partition coefficient (Wildman–Crippen LogP) is 2.66. The Morgan fingerprint density at radius 1 is 1.10 bits per heavy atom. The third-order valence-electron chi connectivity index (χ3n) is 4.44. The molecule has 4 rings (SSSR count). The van der Waals surface area contributed by atoms with Crippen molar-refractivity contribution in [2.24, 2.45) is 4.99 Å². The minimum absolute atomic E-state index is 0.0781. The number of rotatable bonds is 6. The summed E-state index contributed by atoms with van der Waals surface area (Å²) in [5.74, 6) is 1.78. The van der Waals surface area contributed by atoms with Crippen LogP contribution in [0.15, 0.2) is 57.2 Å². The van der Waals surface area contributed by atoms with E-state index in [4.69, 9.17) is 9.47 Å². The smallest absolute Gasteiger partial charge is 0.262 e. The van der Waals surface area contributed by atoms with Crippen molar-refractivity contribution >= 4 is 39.2 Å². The highest BCUT2D eigenvalue weighted by molar-refractivity contribution is 8.00. The summed E-state index contributed by atoms with van der Waals surface area (Å²) >= 11 is 1.36. The van der Waals surface area contributed by atoms with E-state index in [0.717, 1.165) is 11.3 Å². The van der Waals surface area contributed by atoms with Crippen molar-refractivity contribution in [3.05, 3.63) is 42.5 Å². The first-order valence-electron chi connectivity index (χ1n) is 9.48.